The maximum atomic E-state index is 5.99. The fourth-order valence-corrected chi connectivity index (χ4v) is 2.42. The first-order valence-electron chi connectivity index (χ1n) is 6.61. The molecule has 0 bridgehead atoms. The molecule has 0 fully saturated rings. The minimum absolute atomic E-state index is 0.472. The number of hydrogen-bond donors (Lipinski definition) is 1. The number of nitrogens with zero attached hydrogens (tertiary/aromatic N) is 2. The second-order valence-corrected chi connectivity index (χ2v) is 5.01. The molecule has 0 aliphatic heterocycles. The number of hydrogen-bond acceptors (Lipinski definition) is 2. The van der Waals surface area contributed by atoms with Crippen LogP contribution in [0.5, 0.6) is 0 Å². The third-order valence-electron chi connectivity index (χ3n) is 3.21. The van der Waals surface area contributed by atoms with Crippen LogP contribution < -0.4 is 5.73 Å². The summed E-state index contributed by atoms with van der Waals surface area (Å²) in [6.07, 6.45) is 4.98. The topological polar surface area (TPSA) is 43.8 Å². The summed E-state index contributed by atoms with van der Waals surface area (Å²) in [4.78, 5) is 4.54. The zero-order valence-electron chi connectivity index (χ0n) is 10.8. The Labute approximate surface area is 113 Å². The zero-order chi connectivity index (χ0) is 13.0. The molecule has 3 nitrogen and oxygen atoms in total. The summed E-state index contributed by atoms with van der Waals surface area (Å²) in [5.41, 5.74) is 7.85. The Morgan fingerprint density at radius 3 is 2.83 bits per heavy atom. The normalized spacial score (nSPS) is 11.3. The predicted molar refractivity (Wildman–Crippen MR) is 76.8 cm³/mol. The summed E-state index contributed by atoms with van der Waals surface area (Å²) < 4.78 is 2.22. The van der Waals surface area contributed by atoms with Crippen LogP contribution in [0.2, 0.25) is 5.02 Å². The van der Waals surface area contributed by atoms with E-state index in [1.807, 2.05) is 18.2 Å². The van der Waals surface area contributed by atoms with Crippen molar-refractivity contribution >= 4 is 22.6 Å². The molecular formula is C14H20ClN3. The van der Waals surface area contributed by atoms with Crippen LogP contribution in [0.3, 0.4) is 0 Å². The Morgan fingerprint density at radius 1 is 1.28 bits per heavy atom. The van der Waals surface area contributed by atoms with Gasteiger partial charge in [0.1, 0.15) is 5.82 Å². The fraction of sp³-hybridized carbons (Fsp3) is 0.500. The third kappa shape index (κ3) is 2.85. The van der Waals surface area contributed by atoms with Gasteiger partial charge < -0.3 is 10.3 Å². The van der Waals surface area contributed by atoms with E-state index in [2.05, 4.69) is 16.5 Å². The van der Waals surface area contributed by atoms with Crippen LogP contribution in [0.1, 0.15) is 38.4 Å². The summed E-state index contributed by atoms with van der Waals surface area (Å²) in [5, 5.41) is 0.724. The zero-order valence-corrected chi connectivity index (χ0v) is 11.6. The van der Waals surface area contributed by atoms with E-state index in [1.165, 1.54) is 25.7 Å². The van der Waals surface area contributed by atoms with Gasteiger partial charge in [0, 0.05) is 11.6 Å². The first-order valence-corrected chi connectivity index (χ1v) is 6.98. The van der Waals surface area contributed by atoms with Crippen molar-refractivity contribution < 1.29 is 0 Å². The van der Waals surface area contributed by atoms with Crippen molar-refractivity contribution in [3.05, 3.63) is 29.0 Å². The van der Waals surface area contributed by atoms with Gasteiger partial charge in [-0.1, -0.05) is 37.8 Å². The maximum absolute atomic E-state index is 5.99. The average Bonchev–Trinajstić information content (AvgIpc) is 2.71. The van der Waals surface area contributed by atoms with Gasteiger partial charge in [0.15, 0.2) is 0 Å². The van der Waals surface area contributed by atoms with Crippen molar-refractivity contribution in [3.63, 3.8) is 0 Å². The molecule has 0 aliphatic rings. The number of imidazole rings is 1. The minimum atomic E-state index is 0.472. The molecule has 0 amide bonds. The summed E-state index contributed by atoms with van der Waals surface area (Å²) in [6, 6.07) is 5.84. The molecule has 0 radical (unpaired) electrons. The van der Waals surface area contributed by atoms with E-state index in [4.69, 9.17) is 17.3 Å². The number of fused-ring (bicyclic) bond motifs is 1. The second-order valence-electron chi connectivity index (χ2n) is 4.58. The molecule has 0 atom stereocenters. The van der Waals surface area contributed by atoms with E-state index in [1.54, 1.807) is 0 Å². The molecule has 2 N–H and O–H groups in total. The summed E-state index contributed by atoms with van der Waals surface area (Å²) >= 11 is 5.99. The van der Waals surface area contributed by atoms with Crippen molar-refractivity contribution in [2.45, 2.75) is 45.7 Å². The highest BCUT2D eigenvalue weighted by Crippen LogP contribution is 2.21. The molecule has 2 aromatic rings. The van der Waals surface area contributed by atoms with Crippen molar-refractivity contribution in [1.82, 2.24) is 9.55 Å². The van der Waals surface area contributed by atoms with Gasteiger partial charge in [-0.25, -0.2) is 4.98 Å². The van der Waals surface area contributed by atoms with E-state index in [-0.39, 0.29) is 0 Å². The van der Waals surface area contributed by atoms with Crippen LogP contribution in [0.4, 0.5) is 0 Å². The lowest BCUT2D eigenvalue weighted by atomic mass is 10.2. The maximum Gasteiger partial charge on any atom is 0.123 e. The largest absolute Gasteiger partial charge is 0.327 e. The Hall–Kier alpha value is -1.06. The Bertz CT molecular complexity index is 519. The number of aryl methyl sites for hydroxylation is 1. The molecule has 1 aromatic carbocycles. The third-order valence-corrected chi connectivity index (χ3v) is 3.44. The van der Waals surface area contributed by atoms with Gasteiger partial charge >= 0.3 is 0 Å². The van der Waals surface area contributed by atoms with E-state index < -0.39 is 0 Å². The number of nitrogens with two attached hydrogens (primary N) is 1. The first kappa shape index (κ1) is 13.4. The molecule has 0 unspecified atom stereocenters. The van der Waals surface area contributed by atoms with Crippen molar-refractivity contribution in [3.8, 4) is 0 Å². The molecule has 18 heavy (non-hydrogen) atoms. The summed E-state index contributed by atoms with van der Waals surface area (Å²) in [6.45, 7) is 3.69. The van der Waals surface area contributed by atoms with E-state index in [0.29, 0.717) is 6.54 Å². The van der Waals surface area contributed by atoms with Gasteiger partial charge in [0.05, 0.1) is 17.6 Å². The molecule has 98 valence electrons. The molecule has 2 rings (SSSR count). The van der Waals surface area contributed by atoms with Crippen LogP contribution in [0.15, 0.2) is 18.2 Å². The molecule has 0 spiro atoms. The van der Waals surface area contributed by atoms with Gasteiger partial charge in [0.2, 0.25) is 0 Å². The number of aromatic nitrogens is 2. The number of halogens is 1. The van der Waals surface area contributed by atoms with Gasteiger partial charge in [-0.2, -0.15) is 0 Å². The standard InChI is InChI=1S/C14H20ClN3/c1-2-3-4-5-8-18-13-7-6-11(15)9-12(13)17-14(18)10-16/h6-7,9H,2-5,8,10,16H2,1H3. The molecule has 0 saturated heterocycles. The lowest BCUT2D eigenvalue weighted by Crippen LogP contribution is -2.08. The van der Waals surface area contributed by atoms with Crippen LogP contribution in [-0.4, -0.2) is 9.55 Å². The fourth-order valence-electron chi connectivity index (χ4n) is 2.25. The second kappa shape index (κ2) is 6.21. The molecule has 4 heteroatoms. The van der Waals surface area contributed by atoms with E-state index >= 15 is 0 Å². The van der Waals surface area contributed by atoms with Crippen molar-refractivity contribution in [2.24, 2.45) is 5.73 Å². The molecule has 0 saturated carbocycles. The van der Waals surface area contributed by atoms with Crippen LogP contribution in [-0.2, 0) is 13.1 Å². The SMILES string of the molecule is CCCCCCn1c(CN)nc2cc(Cl)ccc21. The Balaban J connectivity index is 2.23. The lowest BCUT2D eigenvalue weighted by molar-refractivity contribution is 0.575. The number of benzene rings is 1. The molecule has 1 aromatic heterocycles. The molecular weight excluding hydrogens is 246 g/mol. The monoisotopic (exact) mass is 265 g/mol. The van der Waals surface area contributed by atoms with Gasteiger partial charge in [-0.3, -0.25) is 0 Å². The smallest absolute Gasteiger partial charge is 0.123 e. The minimum Gasteiger partial charge on any atom is -0.327 e. The summed E-state index contributed by atoms with van der Waals surface area (Å²) in [5.74, 6) is 0.948. The molecule has 1 heterocycles. The number of rotatable bonds is 6. The Morgan fingerprint density at radius 2 is 2.11 bits per heavy atom. The quantitative estimate of drug-likeness (QED) is 0.809. The van der Waals surface area contributed by atoms with Crippen LogP contribution >= 0.6 is 11.6 Å². The van der Waals surface area contributed by atoms with Gasteiger partial charge in [-0.15, -0.1) is 0 Å². The number of unbranched alkanes of at least 4 members (excludes halogenated alkanes) is 3. The van der Waals surface area contributed by atoms with E-state index in [0.717, 1.165) is 28.4 Å². The molecule has 0 aliphatic carbocycles. The van der Waals surface area contributed by atoms with E-state index in [9.17, 15) is 0 Å². The average molecular weight is 266 g/mol. The van der Waals surface area contributed by atoms with Crippen molar-refractivity contribution in [1.29, 1.82) is 0 Å². The highest BCUT2D eigenvalue weighted by atomic mass is 35.5. The first-order chi connectivity index (χ1) is 8.76. The lowest BCUT2D eigenvalue weighted by Gasteiger charge is -2.07. The van der Waals surface area contributed by atoms with Crippen LogP contribution in [0, 0.1) is 0 Å². The predicted octanol–water partition coefficient (Wildman–Crippen LogP) is 3.73. The van der Waals surface area contributed by atoms with Crippen molar-refractivity contribution in [2.75, 3.05) is 0 Å². The Kier molecular flexibility index (Phi) is 4.61. The van der Waals surface area contributed by atoms with Gasteiger partial charge in [-0.05, 0) is 24.6 Å². The highest BCUT2D eigenvalue weighted by Gasteiger charge is 2.09. The van der Waals surface area contributed by atoms with Gasteiger partial charge in [0.25, 0.3) is 0 Å². The van der Waals surface area contributed by atoms with Crippen LogP contribution in [0.25, 0.3) is 11.0 Å². The summed E-state index contributed by atoms with van der Waals surface area (Å²) in [7, 11) is 0. The highest BCUT2D eigenvalue weighted by molar-refractivity contribution is 6.31.